The fourth-order valence-electron chi connectivity index (χ4n) is 1.94. The lowest BCUT2D eigenvalue weighted by molar-refractivity contribution is 0.0911. The summed E-state index contributed by atoms with van der Waals surface area (Å²) in [6.07, 6.45) is 0.727. The maximum Gasteiger partial charge on any atom is 0.287 e. The van der Waals surface area contributed by atoms with E-state index in [1.54, 1.807) is 19.2 Å². The van der Waals surface area contributed by atoms with Crippen LogP contribution in [0.2, 0.25) is 0 Å². The minimum atomic E-state index is -0.217. The van der Waals surface area contributed by atoms with Gasteiger partial charge in [-0.15, -0.1) is 0 Å². The summed E-state index contributed by atoms with van der Waals surface area (Å²) < 4.78 is 10.9. The van der Waals surface area contributed by atoms with Gasteiger partial charge in [-0.2, -0.15) is 0 Å². The van der Waals surface area contributed by atoms with E-state index in [0.717, 1.165) is 17.7 Å². The highest BCUT2D eigenvalue weighted by Gasteiger charge is 2.13. The van der Waals surface area contributed by atoms with Crippen molar-refractivity contribution in [1.29, 1.82) is 0 Å². The van der Waals surface area contributed by atoms with Crippen molar-refractivity contribution < 1.29 is 13.9 Å². The molecule has 4 nitrogen and oxygen atoms in total. The molecule has 1 unspecified atom stereocenters. The largest absolute Gasteiger partial charge is 0.497 e. The van der Waals surface area contributed by atoms with Gasteiger partial charge in [0.2, 0.25) is 0 Å². The van der Waals surface area contributed by atoms with E-state index in [0.29, 0.717) is 10.4 Å². The van der Waals surface area contributed by atoms with E-state index >= 15 is 0 Å². The maximum atomic E-state index is 11.9. The molecule has 0 fully saturated rings. The summed E-state index contributed by atoms with van der Waals surface area (Å²) in [4.78, 5) is 11.9. The second-order valence-electron chi connectivity index (χ2n) is 4.53. The third-order valence-electron chi connectivity index (χ3n) is 2.85. The Morgan fingerprint density at radius 2 is 2.20 bits per heavy atom. The van der Waals surface area contributed by atoms with Crippen LogP contribution < -0.4 is 10.1 Å². The molecule has 0 bridgehead atoms. The molecule has 20 heavy (non-hydrogen) atoms. The standard InChI is InChI=1S/C15H16BrNO3/c1-10(8-11-4-3-5-12(9-11)19-2)17-15(18)13-6-7-14(16)20-13/h3-7,9-10H,8H2,1-2H3,(H,17,18). The van der Waals surface area contributed by atoms with Crippen molar-refractivity contribution in [3.8, 4) is 5.75 Å². The van der Waals surface area contributed by atoms with Gasteiger partial charge in [-0.25, -0.2) is 0 Å². The first-order chi connectivity index (χ1) is 9.58. The smallest absolute Gasteiger partial charge is 0.287 e. The van der Waals surface area contributed by atoms with Crippen molar-refractivity contribution in [2.24, 2.45) is 0 Å². The van der Waals surface area contributed by atoms with Crippen molar-refractivity contribution in [2.45, 2.75) is 19.4 Å². The molecule has 0 saturated heterocycles. The number of halogens is 1. The first-order valence-corrected chi connectivity index (χ1v) is 7.07. The number of hydrogen-bond acceptors (Lipinski definition) is 3. The highest BCUT2D eigenvalue weighted by Crippen LogP contribution is 2.16. The molecule has 1 aromatic heterocycles. The lowest BCUT2D eigenvalue weighted by Crippen LogP contribution is -2.33. The average molecular weight is 338 g/mol. The second-order valence-corrected chi connectivity index (χ2v) is 5.32. The van der Waals surface area contributed by atoms with Crippen LogP contribution in [-0.2, 0) is 6.42 Å². The second kappa shape index (κ2) is 6.61. The topological polar surface area (TPSA) is 51.5 Å². The normalized spacial score (nSPS) is 11.9. The molecule has 0 aliphatic carbocycles. The number of benzene rings is 1. The van der Waals surface area contributed by atoms with Crippen molar-refractivity contribution in [3.05, 3.63) is 52.4 Å². The van der Waals surface area contributed by atoms with Gasteiger partial charge < -0.3 is 14.5 Å². The SMILES string of the molecule is COc1cccc(CC(C)NC(=O)c2ccc(Br)o2)c1. The van der Waals surface area contributed by atoms with Crippen molar-refractivity contribution in [1.82, 2.24) is 5.32 Å². The molecule has 2 rings (SSSR count). The van der Waals surface area contributed by atoms with Gasteiger partial charge in [0.25, 0.3) is 5.91 Å². The molecule has 5 heteroatoms. The molecule has 1 amide bonds. The Bertz CT molecular complexity index is 594. The zero-order chi connectivity index (χ0) is 14.5. The number of nitrogens with one attached hydrogen (secondary N) is 1. The molecule has 1 aromatic carbocycles. The lowest BCUT2D eigenvalue weighted by atomic mass is 10.1. The number of amides is 1. The van der Waals surface area contributed by atoms with Gasteiger partial charge in [0.15, 0.2) is 10.4 Å². The Kier molecular flexibility index (Phi) is 4.84. The maximum absolute atomic E-state index is 11.9. The molecule has 0 aliphatic heterocycles. The first-order valence-electron chi connectivity index (χ1n) is 6.27. The zero-order valence-corrected chi connectivity index (χ0v) is 12.9. The molecule has 0 spiro atoms. The molecular formula is C15H16BrNO3. The van der Waals surface area contributed by atoms with E-state index in [1.807, 2.05) is 31.2 Å². The Balaban J connectivity index is 1.94. The summed E-state index contributed by atoms with van der Waals surface area (Å²) in [5.41, 5.74) is 1.11. The highest BCUT2D eigenvalue weighted by atomic mass is 79.9. The van der Waals surface area contributed by atoms with E-state index in [1.165, 1.54) is 0 Å². The van der Waals surface area contributed by atoms with E-state index in [9.17, 15) is 4.79 Å². The molecule has 1 N–H and O–H groups in total. The van der Waals surface area contributed by atoms with Gasteiger partial charge in [0.05, 0.1) is 7.11 Å². The van der Waals surface area contributed by atoms with Gasteiger partial charge in [0.1, 0.15) is 5.75 Å². The molecule has 1 heterocycles. The van der Waals surface area contributed by atoms with Crippen LogP contribution in [0.5, 0.6) is 5.75 Å². The number of hydrogen-bond donors (Lipinski definition) is 1. The molecule has 106 valence electrons. The van der Waals surface area contributed by atoms with Gasteiger partial charge in [0, 0.05) is 6.04 Å². The Labute approximate surface area is 126 Å². The number of carbonyl (C=O) groups excluding carboxylic acids is 1. The van der Waals surface area contributed by atoms with Gasteiger partial charge in [-0.05, 0) is 59.1 Å². The fourth-order valence-corrected chi connectivity index (χ4v) is 2.24. The predicted molar refractivity (Wildman–Crippen MR) is 80.0 cm³/mol. The molecule has 2 aromatic rings. The van der Waals surface area contributed by atoms with Crippen LogP contribution in [0.4, 0.5) is 0 Å². The number of rotatable bonds is 5. The van der Waals surface area contributed by atoms with Crippen molar-refractivity contribution >= 4 is 21.8 Å². The summed E-state index contributed by atoms with van der Waals surface area (Å²) in [5, 5.41) is 2.90. The van der Waals surface area contributed by atoms with Gasteiger partial charge in [-0.1, -0.05) is 12.1 Å². The van der Waals surface area contributed by atoms with Gasteiger partial charge in [-0.3, -0.25) is 4.79 Å². The van der Waals surface area contributed by atoms with Crippen LogP contribution in [-0.4, -0.2) is 19.1 Å². The van der Waals surface area contributed by atoms with Crippen molar-refractivity contribution in [3.63, 3.8) is 0 Å². The van der Waals surface area contributed by atoms with Gasteiger partial charge >= 0.3 is 0 Å². The van der Waals surface area contributed by atoms with Crippen molar-refractivity contribution in [2.75, 3.05) is 7.11 Å². The van der Waals surface area contributed by atoms with Crippen LogP contribution in [0.15, 0.2) is 45.5 Å². The van der Waals surface area contributed by atoms with Crippen LogP contribution in [0.1, 0.15) is 23.0 Å². The number of ether oxygens (including phenoxy) is 1. The number of furan rings is 1. The molecule has 0 saturated carbocycles. The summed E-state index contributed by atoms with van der Waals surface area (Å²) in [6, 6.07) is 11.1. The Morgan fingerprint density at radius 3 is 2.85 bits per heavy atom. The Morgan fingerprint density at radius 1 is 1.40 bits per heavy atom. The highest BCUT2D eigenvalue weighted by molar-refractivity contribution is 9.10. The summed E-state index contributed by atoms with van der Waals surface area (Å²) in [6.45, 7) is 1.95. The van der Waals surface area contributed by atoms with Crippen LogP contribution in [0, 0.1) is 0 Å². The number of carbonyl (C=O) groups is 1. The molecule has 0 radical (unpaired) electrons. The minimum absolute atomic E-state index is 0.00141. The quantitative estimate of drug-likeness (QED) is 0.909. The molecule has 1 atom stereocenters. The summed E-state index contributed by atoms with van der Waals surface area (Å²) in [7, 11) is 1.64. The predicted octanol–water partition coefficient (Wildman–Crippen LogP) is 3.41. The summed E-state index contributed by atoms with van der Waals surface area (Å²) in [5.74, 6) is 0.899. The Hall–Kier alpha value is -1.75. The third kappa shape index (κ3) is 3.87. The number of methoxy groups -OCH3 is 1. The average Bonchev–Trinajstić information content (AvgIpc) is 2.85. The third-order valence-corrected chi connectivity index (χ3v) is 3.28. The zero-order valence-electron chi connectivity index (χ0n) is 11.4. The minimum Gasteiger partial charge on any atom is -0.497 e. The lowest BCUT2D eigenvalue weighted by Gasteiger charge is -2.13. The van der Waals surface area contributed by atoms with Crippen LogP contribution in [0.25, 0.3) is 0 Å². The van der Waals surface area contributed by atoms with E-state index in [4.69, 9.17) is 9.15 Å². The van der Waals surface area contributed by atoms with E-state index in [-0.39, 0.29) is 11.9 Å². The monoisotopic (exact) mass is 337 g/mol. The first kappa shape index (κ1) is 14.7. The van der Waals surface area contributed by atoms with E-state index in [2.05, 4.69) is 21.2 Å². The molecule has 0 aliphatic rings. The van der Waals surface area contributed by atoms with E-state index < -0.39 is 0 Å². The molecular weight excluding hydrogens is 322 g/mol. The van der Waals surface area contributed by atoms with Crippen LogP contribution >= 0.6 is 15.9 Å². The van der Waals surface area contributed by atoms with Crippen LogP contribution in [0.3, 0.4) is 0 Å². The fraction of sp³-hybridized carbons (Fsp3) is 0.267. The summed E-state index contributed by atoms with van der Waals surface area (Å²) >= 11 is 3.18.